The maximum atomic E-state index is 12.6. The number of urea groups is 1. The van der Waals surface area contributed by atoms with Crippen LogP contribution in [0.4, 0.5) is 4.79 Å². The Morgan fingerprint density at radius 3 is 2.72 bits per heavy atom. The Morgan fingerprint density at radius 1 is 1.20 bits per heavy atom. The van der Waals surface area contributed by atoms with E-state index < -0.39 is 0 Å². The fourth-order valence-corrected chi connectivity index (χ4v) is 3.59. The molecule has 1 atom stereocenters. The van der Waals surface area contributed by atoms with Crippen LogP contribution in [0.3, 0.4) is 0 Å². The van der Waals surface area contributed by atoms with Crippen molar-refractivity contribution in [2.45, 2.75) is 44.7 Å². The van der Waals surface area contributed by atoms with Gasteiger partial charge in [-0.1, -0.05) is 0 Å². The lowest BCUT2D eigenvalue weighted by atomic mass is 10.0. The van der Waals surface area contributed by atoms with Gasteiger partial charge in [-0.2, -0.15) is 0 Å². The van der Waals surface area contributed by atoms with Gasteiger partial charge in [0.25, 0.3) is 0 Å². The molecular formula is C19H30N4O2. The molecule has 0 bridgehead atoms. The fraction of sp³-hybridized carbons (Fsp3) is 0.684. The molecule has 2 fully saturated rings. The molecule has 2 amide bonds. The van der Waals surface area contributed by atoms with Gasteiger partial charge in [0.1, 0.15) is 0 Å². The van der Waals surface area contributed by atoms with Crippen molar-refractivity contribution in [1.29, 1.82) is 0 Å². The number of carbonyl (C=O) groups is 1. The van der Waals surface area contributed by atoms with E-state index in [2.05, 4.69) is 34.3 Å². The molecule has 25 heavy (non-hydrogen) atoms. The molecular weight excluding hydrogens is 316 g/mol. The minimum Gasteiger partial charge on any atom is -0.380 e. The SMILES string of the molecule is C[C@@H]1CCOCCN1C(=O)NC1CCN(CCc2ccncc2)CC1. The van der Waals surface area contributed by atoms with Crippen molar-refractivity contribution in [3.8, 4) is 0 Å². The molecule has 0 aromatic carbocycles. The monoisotopic (exact) mass is 346 g/mol. The van der Waals surface area contributed by atoms with Crippen LogP contribution < -0.4 is 5.32 Å². The van der Waals surface area contributed by atoms with Crippen LogP contribution in [0.2, 0.25) is 0 Å². The predicted molar refractivity (Wildman–Crippen MR) is 97.5 cm³/mol. The molecule has 138 valence electrons. The summed E-state index contributed by atoms with van der Waals surface area (Å²) < 4.78 is 5.48. The topological polar surface area (TPSA) is 57.7 Å². The van der Waals surface area contributed by atoms with E-state index >= 15 is 0 Å². The Hall–Kier alpha value is -1.66. The van der Waals surface area contributed by atoms with Crippen LogP contribution in [0.5, 0.6) is 0 Å². The molecule has 2 saturated heterocycles. The first-order valence-electron chi connectivity index (χ1n) is 9.48. The van der Waals surface area contributed by atoms with Crippen molar-refractivity contribution in [2.24, 2.45) is 0 Å². The van der Waals surface area contributed by atoms with Gasteiger partial charge in [0.2, 0.25) is 0 Å². The van der Waals surface area contributed by atoms with Gasteiger partial charge in [-0.15, -0.1) is 0 Å². The zero-order valence-electron chi connectivity index (χ0n) is 15.2. The number of pyridine rings is 1. The van der Waals surface area contributed by atoms with E-state index in [1.165, 1.54) is 5.56 Å². The molecule has 1 N–H and O–H groups in total. The van der Waals surface area contributed by atoms with Crippen LogP contribution in [0.25, 0.3) is 0 Å². The molecule has 6 heteroatoms. The highest BCUT2D eigenvalue weighted by Crippen LogP contribution is 2.14. The first-order valence-corrected chi connectivity index (χ1v) is 9.48. The van der Waals surface area contributed by atoms with Crippen molar-refractivity contribution >= 4 is 6.03 Å². The number of hydrogen-bond acceptors (Lipinski definition) is 4. The quantitative estimate of drug-likeness (QED) is 0.905. The highest BCUT2D eigenvalue weighted by molar-refractivity contribution is 5.74. The lowest BCUT2D eigenvalue weighted by Gasteiger charge is -2.34. The first kappa shape index (κ1) is 18.1. The number of hydrogen-bond donors (Lipinski definition) is 1. The Bertz CT molecular complexity index is 531. The Kier molecular flexibility index (Phi) is 6.64. The molecule has 2 aliphatic rings. The van der Waals surface area contributed by atoms with Crippen LogP contribution in [-0.4, -0.2) is 72.3 Å². The number of ether oxygens (including phenoxy) is 1. The van der Waals surface area contributed by atoms with Gasteiger partial charge in [-0.3, -0.25) is 4.98 Å². The predicted octanol–water partition coefficient (Wildman–Crippen LogP) is 1.91. The summed E-state index contributed by atoms with van der Waals surface area (Å²) in [6, 6.07) is 4.79. The minimum atomic E-state index is 0.0771. The average Bonchev–Trinajstić information content (AvgIpc) is 2.86. The standard InChI is InChI=1S/C19H30N4O2/c1-16-7-14-25-15-13-23(16)19(24)21-18-5-11-22(12-6-18)10-4-17-2-8-20-9-3-17/h2-3,8-9,16,18H,4-7,10-15H2,1H3,(H,21,24)/t16-/m1/s1. The van der Waals surface area contributed by atoms with Crippen molar-refractivity contribution in [2.75, 3.05) is 39.4 Å². The van der Waals surface area contributed by atoms with E-state index in [0.717, 1.165) is 51.9 Å². The number of nitrogens with zero attached hydrogens (tertiary/aromatic N) is 3. The molecule has 6 nitrogen and oxygen atoms in total. The van der Waals surface area contributed by atoms with Crippen molar-refractivity contribution in [3.63, 3.8) is 0 Å². The minimum absolute atomic E-state index is 0.0771. The molecule has 3 heterocycles. The summed E-state index contributed by atoms with van der Waals surface area (Å²) in [6.45, 7) is 7.37. The first-order chi connectivity index (χ1) is 12.2. The second kappa shape index (κ2) is 9.15. The number of amides is 2. The van der Waals surface area contributed by atoms with E-state index in [9.17, 15) is 4.79 Å². The normalized spacial score (nSPS) is 23.2. The summed E-state index contributed by atoms with van der Waals surface area (Å²) in [7, 11) is 0. The largest absolute Gasteiger partial charge is 0.380 e. The summed E-state index contributed by atoms with van der Waals surface area (Å²) >= 11 is 0. The molecule has 3 rings (SSSR count). The fourth-order valence-electron chi connectivity index (χ4n) is 3.59. The summed E-state index contributed by atoms with van der Waals surface area (Å²) in [5.41, 5.74) is 1.34. The van der Waals surface area contributed by atoms with Gasteiger partial charge in [0.05, 0.1) is 6.61 Å². The Morgan fingerprint density at radius 2 is 1.96 bits per heavy atom. The summed E-state index contributed by atoms with van der Waals surface area (Å²) in [6.07, 6.45) is 7.74. The number of likely N-dealkylation sites (tertiary alicyclic amines) is 1. The van der Waals surface area contributed by atoms with Crippen molar-refractivity contribution in [1.82, 2.24) is 20.1 Å². The number of rotatable bonds is 4. The van der Waals surface area contributed by atoms with E-state index in [0.29, 0.717) is 19.2 Å². The van der Waals surface area contributed by atoms with Gasteiger partial charge >= 0.3 is 6.03 Å². The summed E-state index contributed by atoms with van der Waals surface area (Å²) in [4.78, 5) is 21.0. The van der Waals surface area contributed by atoms with E-state index in [1.807, 2.05) is 17.3 Å². The smallest absolute Gasteiger partial charge is 0.317 e. The maximum Gasteiger partial charge on any atom is 0.317 e. The highest BCUT2D eigenvalue weighted by atomic mass is 16.5. The molecule has 1 aromatic rings. The maximum absolute atomic E-state index is 12.6. The van der Waals surface area contributed by atoms with Gasteiger partial charge in [-0.25, -0.2) is 4.79 Å². The molecule has 1 aromatic heterocycles. The Balaban J connectivity index is 1.39. The molecule has 0 saturated carbocycles. The van der Waals surface area contributed by atoms with Crippen LogP contribution in [0, 0.1) is 0 Å². The van der Waals surface area contributed by atoms with Crippen LogP contribution >= 0.6 is 0 Å². The lowest BCUT2D eigenvalue weighted by molar-refractivity contribution is 0.139. The second-order valence-electron chi connectivity index (χ2n) is 7.11. The van der Waals surface area contributed by atoms with E-state index in [4.69, 9.17) is 4.74 Å². The van der Waals surface area contributed by atoms with Gasteiger partial charge in [-0.05, 0) is 50.3 Å². The zero-order valence-corrected chi connectivity index (χ0v) is 15.2. The number of carbonyl (C=O) groups excluding carboxylic acids is 1. The molecule has 0 aliphatic carbocycles. The second-order valence-corrected chi connectivity index (χ2v) is 7.11. The summed E-state index contributed by atoms with van der Waals surface area (Å²) in [5.74, 6) is 0. The van der Waals surface area contributed by atoms with Crippen LogP contribution in [-0.2, 0) is 11.2 Å². The number of aromatic nitrogens is 1. The third-order valence-corrected chi connectivity index (χ3v) is 5.33. The number of nitrogens with one attached hydrogen (secondary N) is 1. The molecule has 0 unspecified atom stereocenters. The highest BCUT2D eigenvalue weighted by Gasteiger charge is 2.26. The van der Waals surface area contributed by atoms with E-state index in [1.54, 1.807) is 0 Å². The molecule has 2 aliphatic heterocycles. The van der Waals surface area contributed by atoms with Gasteiger partial charge in [0, 0.05) is 57.3 Å². The van der Waals surface area contributed by atoms with Crippen LogP contribution in [0.15, 0.2) is 24.5 Å². The summed E-state index contributed by atoms with van der Waals surface area (Å²) in [5, 5.41) is 3.24. The molecule has 0 radical (unpaired) electrons. The van der Waals surface area contributed by atoms with Gasteiger partial charge in [0.15, 0.2) is 0 Å². The third kappa shape index (κ3) is 5.41. The van der Waals surface area contributed by atoms with E-state index in [-0.39, 0.29) is 12.1 Å². The Labute approximate surface area is 150 Å². The molecule has 0 spiro atoms. The number of piperidine rings is 1. The van der Waals surface area contributed by atoms with Crippen molar-refractivity contribution in [3.05, 3.63) is 30.1 Å². The van der Waals surface area contributed by atoms with Crippen molar-refractivity contribution < 1.29 is 9.53 Å². The third-order valence-electron chi connectivity index (χ3n) is 5.33. The van der Waals surface area contributed by atoms with Gasteiger partial charge < -0.3 is 19.9 Å². The average molecular weight is 346 g/mol. The lowest BCUT2D eigenvalue weighted by Crippen LogP contribution is -2.51. The van der Waals surface area contributed by atoms with Crippen LogP contribution in [0.1, 0.15) is 31.7 Å². The zero-order chi connectivity index (χ0) is 17.5.